The van der Waals surface area contributed by atoms with E-state index in [4.69, 9.17) is 75.8 Å². The maximum absolute atomic E-state index is 13.1. The second-order valence-corrected chi connectivity index (χ2v) is 27.9. The molecular weight excluding hydrogens is 1530 g/mol. The number of nitrogens with one attached hydrogen (secondary N) is 3. The third-order valence-corrected chi connectivity index (χ3v) is 20.2. The Morgan fingerprint density at radius 1 is 0.393 bits per heavy atom. The number of amides is 2. The van der Waals surface area contributed by atoms with E-state index in [0.29, 0.717) is 0 Å². The zero-order chi connectivity index (χ0) is 82.2. The number of anilines is 1. The van der Waals surface area contributed by atoms with Gasteiger partial charge in [0.1, 0.15) is 219 Å². The number of pyridine rings is 1. The molecule has 0 unspecified atom stereocenters. The van der Waals surface area contributed by atoms with Crippen molar-refractivity contribution >= 4 is 17.6 Å². The zero-order valence-electron chi connectivity index (χ0n) is 59.7. The topological polar surface area (TPSA) is 777 Å². The van der Waals surface area contributed by atoms with Crippen LogP contribution in [0.3, 0.4) is 0 Å². The Hall–Kier alpha value is -3.83. The molecule has 0 saturated carbocycles. The van der Waals surface area contributed by atoms with Gasteiger partial charge in [0.2, 0.25) is 11.8 Å². The fraction of sp³-hybridized carbons (Fsp3) is 0.889. The first-order chi connectivity index (χ1) is 53.2. The molecule has 8 saturated heterocycles. The second kappa shape index (κ2) is 41.2. The lowest BCUT2D eigenvalue weighted by Gasteiger charge is -2.50. The van der Waals surface area contributed by atoms with Gasteiger partial charge in [-0.25, -0.2) is 4.98 Å². The van der Waals surface area contributed by atoms with Crippen LogP contribution in [0.4, 0.5) is 5.82 Å². The maximum atomic E-state index is 13.1. The highest BCUT2D eigenvalue weighted by Gasteiger charge is 2.60. The lowest BCUT2D eigenvalue weighted by molar-refractivity contribution is -0.400. The Bertz CT molecular complexity index is 3000. The van der Waals surface area contributed by atoms with Crippen molar-refractivity contribution in [3.05, 3.63) is 24.4 Å². The van der Waals surface area contributed by atoms with Crippen LogP contribution in [0, 0.1) is 0 Å². The van der Waals surface area contributed by atoms with E-state index in [-0.39, 0.29) is 12.4 Å². The van der Waals surface area contributed by atoms with Gasteiger partial charge < -0.3 is 230 Å². The van der Waals surface area contributed by atoms with Crippen LogP contribution in [0.2, 0.25) is 0 Å². The Labute approximate surface area is 634 Å². The molecule has 9 heterocycles. The molecule has 9 rings (SSSR count). The first-order valence-corrected chi connectivity index (χ1v) is 35.6. The molecule has 0 bridgehead atoms. The summed E-state index contributed by atoms with van der Waals surface area (Å²) in [7, 11) is 0. The van der Waals surface area contributed by atoms with Crippen molar-refractivity contribution in [1.82, 2.24) is 15.6 Å². The van der Waals surface area contributed by atoms with Crippen molar-refractivity contribution < 1.29 is 223 Å². The predicted molar refractivity (Wildman–Crippen MR) is 348 cm³/mol. The molecule has 8 aliphatic rings. The molecule has 0 spiro atoms. The van der Waals surface area contributed by atoms with E-state index in [9.17, 15) is 147 Å². The molecule has 8 aliphatic heterocycles. The van der Waals surface area contributed by atoms with E-state index < -0.39 is 341 Å². The van der Waals surface area contributed by atoms with Gasteiger partial charge in [-0.2, -0.15) is 0 Å². The average Bonchev–Trinajstić information content (AvgIpc) is 0.771. The molecule has 112 heavy (non-hydrogen) atoms. The number of hydrogen-bond donors (Lipinski definition) is 30. The van der Waals surface area contributed by atoms with Crippen LogP contribution < -0.4 is 16.0 Å². The van der Waals surface area contributed by atoms with E-state index in [2.05, 4.69) is 20.9 Å². The largest absolute Gasteiger partial charge is 0.394 e. The van der Waals surface area contributed by atoms with Crippen molar-refractivity contribution in [2.75, 3.05) is 71.3 Å². The fourth-order valence-corrected chi connectivity index (χ4v) is 13.8. The number of aliphatic hydroxyl groups is 27. The van der Waals surface area contributed by atoms with Crippen LogP contribution >= 0.6 is 0 Å². The number of ether oxygens (including phenoxy) is 16. The number of aliphatic hydroxyl groups excluding tert-OH is 27. The van der Waals surface area contributed by atoms with E-state index >= 15 is 0 Å². The monoisotopic (exact) mass is 1640 g/mol. The van der Waals surface area contributed by atoms with Gasteiger partial charge in [0, 0.05) is 26.6 Å². The van der Waals surface area contributed by atoms with Crippen molar-refractivity contribution in [2.45, 2.75) is 284 Å². The van der Waals surface area contributed by atoms with E-state index in [1.165, 1.54) is 12.3 Å². The first-order valence-electron chi connectivity index (χ1n) is 35.6. The highest BCUT2D eigenvalue weighted by atomic mass is 16.8. The third-order valence-electron chi connectivity index (χ3n) is 20.2. The first kappa shape index (κ1) is 92.1. The summed E-state index contributed by atoms with van der Waals surface area (Å²) < 4.78 is 93.9. The molecule has 2 amide bonds. The molecule has 0 aliphatic carbocycles. The van der Waals surface area contributed by atoms with Crippen LogP contribution in [0.1, 0.15) is 13.8 Å². The van der Waals surface area contributed by atoms with Gasteiger partial charge >= 0.3 is 0 Å². The summed E-state index contributed by atoms with van der Waals surface area (Å²) in [4.78, 5) is 29.7. The van der Waals surface area contributed by atoms with Crippen LogP contribution in [-0.4, -0.2) is 491 Å². The summed E-state index contributed by atoms with van der Waals surface area (Å²) in [5.41, 5.74) is 0. The number of aromatic nitrogens is 1. The summed E-state index contributed by atoms with van der Waals surface area (Å²) >= 11 is 0. The molecular formula is C63H104N4O45. The van der Waals surface area contributed by atoms with Gasteiger partial charge in [0.15, 0.2) is 50.3 Å². The lowest BCUT2D eigenvalue weighted by Crippen LogP contribution is -2.69. The van der Waals surface area contributed by atoms with Gasteiger partial charge in [-0.05, 0) is 12.1 Å². The molecule has 1 aromatic rings. The van der Waals surface area contributed by atoms with E-state index in [1.54, 1.807) is 12.1 Å². The number of carbonyl (C=O) groups is 2. The number of hydrogen-bond acceptors (Lipinski definition) is 47. The van der Waals surface area contributed by atoms with Crippen LogP contribution in [0.5, 0.6) is 0 Å². The normalized spacial score (nSPS) is 46.0. The minimum absolute atomic E-state index is 0.246. The minimum atomic E-state index is -2.57. The minimum Gasteiger partial charge on any atom is -0.394 e. The highest BCUT2D eigenvalue weighted by molar-refractivity contribution is 5.73. The fourth-order valence-electron chi connectivity index (χ4n) is 13.8. The molecule has 0 radical (unpaired) electrons. The maximum Gasteiger partial charge on any atom is 0.217 e. The van der Waals surface area contributed by atoms with Gasteiger partial charge in [-0.3, -0.25) is 9.59 Å². The summed E-state index contributed by atoms with van der Waals surface area (Å²) in [6.45, 7) is -8.30. The molecule has 646 valence electrons. The Morgan fingerprint density at radius 2 is 0.759 bits per heavy atom. The SMILES string of the molecule is CC(=O)N[C@H]1[C@H](O[C@@H]([C@H](O)[C@H](CNc2ccccn2)NC(C)=O)[C@H](O)CO)O[C@H](CO)[C@@H](O[C@@H]2O[C@H](CO[C@H]3O[C@H](CO[C@H]4O[C@H](CO)[C@@H](O)[C@H](O)[C@@H]4O)[C@@H](O)[C@H](O[C@H]4O[C@H](CO)[C@@H](O)[C@H](O)[C@@H]4O[C@H]4O[C@H](CO)[C@@H](O)[C@H](O)[C@@H]4O)[C@@H]3O)[C@@H](O)[C@H](O[C@H]3O[C@H](CO)[C@@H](O)[C@H](O)[C@@H]3O[C@H]3O[C@H](CO)[C@@H](O)[C@H](O)[C@@H]3O)[C@@H]2O)[C@@H]1O. The smallest absolute Gasteiger partial charge is 0.217 e. The molecule has 44 atom stereocenters. The summed E-state index contributed by atoms with van der Waals surface area (Å²) in [6.07, 6.45) is -88.7. The quantitative estimate of drug-likeness (QED) is 0.0311. The number of rotatable bonds is 33. The Balaban J connectivity index is 1.06. The molecule has 49 nitrogen and oxygen atoms in total. The number of carbonyl (C=O) groups excluding carboxylic acids is 2. The second-order valence-electron chi connectivity index (χ2n) is 27.9. The Kier molecular flexibility index (Phi) is 33.9. The van der Waals surface area contributed by atoms with E-state index in [0.717, 1.165) is 13.8 Å². The molecule has 1 aromatic heterocycles. The summed E-state index contributed by atoms with van der Waals surface area (Å²) in [6, 6.07) is 1.34. The third kappa shape index (κ3) is 20.9. The van der Waals surface area contributed by atoms with Gasteiger partial charge in [-0.1, -0.05) is 6.07 Å². The molecule has 49 heteroatoms. The number of nitrogens with zero attached hydrogens (tertiary/aromatic N) is 1. The van der Waals surface area contributed by atoms with Crippen molar-refractivity contribution in [2.24, 2.45) is 0 Å². The van der Waals surface area contributed by atoms with Gasteiger partial charge in [0.25, 0.3) is 0 Å². The van der Waals surface area contributed by atoms with Crippen molar-refractivity contribution in [3.8, 4) is 0 Å². The molecule has 30 N–H and O–H groups in total. The van der Waals surface area contributed by atoms with Crippen molar-refractivity contribution in [1.29, 1.82) is 0 Å². The van der Waals surface area contributed by atoms with E-state index in [1.807, 2.05) is 0 Å². The average molecular weight is 1640 g/mol. The highest BCUT2D eigenvalue weighted by Crippen LogP contribution is 2.39. The van der Waals surface area contributed by atoms with Gasteiger partial charge in [0.05, 0.1) is 65.5 Å². The summed E-state index contributed by atoms with van der Waals surface area (Å²) in [5, 5.41) is 307. The predicted octanol–water partition coefficient (Wildman–Crippen LogP) is -19.2. The lowest BCUT2D eigenvalue weighted by atomic mass is 9.94. The van der Waals surface area contributed by atoms with Crippen molar-refractivity contribution in [3.63, 3.8) is 0 Å². The Morgan fingerprint density at radius 3 is 1.18 bits per heavy atom. The zero-order valence-corrected chi connectivity index (χ0v) is 59.7. The van der Waals surface area contributed by atoms with Gasteiger partial charge in [-0.15, -0.1) is 0 Å². The molecule has 8 fully saturated rings. The summed E-state index contributed by atoms with van der Waals surface area (Å²) in [5.74, 6) is -1.44. The molecule has 0 aromatic carbocycles. The standard InChI is InChI=1S/C63H104N4O45/c1-17(75)66-19(7-65-29-5-3-4-6-64-29)31(78)50(20(77)8-68)107-56-30(67-18(2)76)39(86)51(26(14-74)104-56)108-61-49(96)53(110-63-55(44(91)36(83)25(13-73)103-63)112-60-47(94)42(89)34(81)23(11-71)101-60)38(85)28(106-61)16-98-58-48(95)52(37(84)27(105-58)15-97-57-45(92)40(87)32(79)21(9-69)99-57)109-62-54(43(90)35(82)24(12-72)102-62)111-59-46(93)41(88)33(80)22(10-70)100-59/h3-6,19-28,30-63,68-74,77-96H,7-16H2,1-2H3,(H,64,65)(H,66,75)(H,67,76)/t19-,20+,21+,22+,23+,24+,25+,26+,27+,28+,30+,31+,32+,33+,34+,35+,36+,37+,38+,39+,40-,41-,42-,43-,44-,45-,46-,47-,48-,49-,50+,51+,52-,53-,54-,55-,56-,57-,58-,59+,60+,61-,62+,63+/m0/s1. The van der Waals surface area contributed by atoms with Crippen LogP contribution in [0.25, 0.3) is 0 Å². The van der Waals surface area contributed by atoms with Crippen LogP contribution in [-0.2, 0) is 85.4 Å². The van der Waals surface area contributed by atoms with Crippen LogP contribution in [0.15, 0.2) is 24.4 Å².